The fourth-order valence-electron chi connectivity index (χ4n) is 2.96. The maximum atomic E-state index is 13.1. The molecule has 1 aromatic heterocycles. The molecule has 2 aromatic carbocycles. The van der Waals surface area contributed by atoms with Crippen LogP contribution < -0.4 is 9.64 Å². The van der Waals surface area contributed by atoms with Gasteiger partial charge >= 0.3 is 18.6 Å². The van der Waals surface area contributed by atoms with Crippen molar-refractivity contribution in [3.05, 3.63) is 53.2 Å². The standard InChI is InChI=1S/C21H16ClF2NO7/c1-29-17(27)10-16(26)25(12-4-6-13(7-5-12)31-21(23)24)18-14-9-11(22)3-8-15(14)32-19(18)20(28)30-2/h3-9,21H,10H2,1-2H3. The first-order chi connectivity index (χ1) is 15.2. The van der Waals surface area contributed by atoms with E-state index < -0.39 is 30.9 Å². The van der Waals surface area contributed by atoms with Gasteiger partial charge in [0.25, 0.3) is 0 Å². The van der Waals surface area contributed by atoms with Gasteiger partial charge in [-0.2, -0.15) is 8.78 Å². The van der Waals surface area contributed by atoms with Crippen molar-refractivity contribution in [3.8, 4) is 5.75 Å². The lowest BCUT2D eigenvalue weighted by Crippen LogP contribution is -2.29. The number of hydrogen-bond acceptors (Lipinski definition) is 7. The van der Waals surface area contributed by atoms with Crippen LogP contribution in [0.15, 0.2) is 46.9 Å². The number of anilines is 2. The zero-order valence-corrected chi connectivity index (χ0v) is 17.5. The Labute approximate surface area is 185 Å². The number of ether oxygens (including phenoxy) is 3. The number of amides is 1. The lowest BCUT2D eigenvalue weighted by molar-refractivity contribution is -0.143. The number of benzene rings is 2. The van der Waals surface area contributed by atoms with Crippen molar-refractivity contribution in [2.24, 2.45) is 0 Å². The van der Waals surface area contributed by atoms with Crippen LogP contribution in [0.5, 0.6) is 5.75 Å². The third kappa shape index (κ3) is 4.80. The molecule has 3 aromatic rings. The van der Waals surface area contributed by atoms with Gasteiger partial charge in [-0.25, -0.2) is 4.79 Å². The normalized spacial score (nSPS) is 10.8. The van der Waals surface area contributed by atoms with Crippen LogP contribution in [0, 0.1) is 0 Å². The summed E-state index contributed by atoms with van der Waals surface area (Å²) in [6.07, 6.45) is -0.681. The number of methoxy groups -OCH3 is 2. The molecule has 32 heavy (non-hydrogen) atoms. The summed E-state index contributed by atoms with van der Waals surface area (Å²) in [5, 5.41) is 0.570. The third-order valence-corrected chi connectivity index (χ3v) is 4.55. The number of hydrogen-bond donors (Lipinski definition) is 0. The number of fused-ring (bicyclic) bond motifs is 1. The van der Waals surface area contributed by atoms with Gasteiger partial charge in [0.1, 0.15) is 23.4 Å². The van der Waals surface area contributed by atoms with E-state index in [1.165, 1.54) is 42.5 Å². The van der Waals surface area contributed by atoms with E-state index in [4.69, 9.17) is 20.8 Å². The highest BCUT2D eigenvalue weighted by Gasteiger charge is 2.31. The molecule has 0 saturated carbocycles. The highest BCUT2D eigenvalue weighted by atomic mass is 35.5. The maximum absolute atomic E-state index is 13.1. The van der Waals surface area contributed by atoms with E-state index in [1.54, 1.807) is 0 Å². The number of esters is 2. The average molecular weight is 468 g/mol. The molecule has 0 aliphatic carbocycles. The van der Waals surface area contributed by atoms with Gasteiger partial charge in [-0.15, -0.1) is 0 Å². The van der Waals surface area contributed by atoms with E-state index in [2.05, 4.69) is 9.47 Å². The number of nitrogens with zero attached hydrogens (tertiary/aromatic N) is 1. The predicted molar refractivity (Wildman–Crippen MR) is 109 cm³/mol. The largest absolute Gasteiger partial charge is 0.469 e. The molecule has 8 nitrogen and oxygen atoms in total. The van der Waals surface area contributed by atoms with Crippen molar-refractivity contribution < 1.29 is 41.8 Å². The molecule has 168 valence electrons. The van der Waals surface area contributed by atoms with Crippen molar-refractivity contribution in [2.75, 3.05) is 19.1 Å². The predicted octanol–water partition coefficient (Wildman–Crippen LogP) is 4.70. The molecule has 0 N–H and O–H groups in total. The second kappa shape index (κ2) is 9.65. The molecule has 0 unspecified atom stereocenters. The van der Waals surface area contributed by atoms with Crippen molar-refractivity contribution in [3.63, 3.8) is 0 Å². The monoisotopic (exact) mass is 467 g/mol. The minimum Gasteiger partial charge on any atom is -0.469 e. The van der Waals surface area contributed by atoms with Crippen molar-refractivity contribution in [2.45, 2.75) is 13.0 Å². The van der Waals surface area contributed by atoms with Gasteiger partial charge in [0, 0.05) is 16.1 Å². The van der Waals surface area contributed by atoms with Crippen LogP contribution in [-0.2, 0) is 19.1 Å². The number of rotatable bonds is 7. The number of carbonyl (C=O) groups is 3. The van der Waals surface area contributed by atoms with E-state index >= 15 is 0 Å². The number of carbonyl (C=O) groups excluding carboxylic acids is 3. The zero-order chi connectivity index (χ0) is 23.4. The Kier molecular flexibility index (Phi) is 6.94. The lowest BCUT2D eigenvalue weighted by atomic mass is 10.1. The molecule has 1 heterocycles. The molecule has 1 amide bonds. The first-order valence-corrected chi connectivity index (χ1v) is 9.38. The van der Waals surface area contributed by atoms with Crippen LogP contribution in [0.2, 0.25) is 5.02 Å². The Morgan fingerprint density at radius 1 is 1.06 bits per heavy atom. The SMILES string of the molecule is COC(=O)CC(=O)N(c1ccc(OC(F)F)cc1)c1c(C(=O)OC)oc2ccc(Cl)cc12. The van der Waals surface area contributed by atoms with E-state index in [-0.39, 0.29) is 38.9 Å². The molecule has 0 atom stereocenters. The third-order valence-electron chi connectivity index (χ3n) is 4.31. The van der Waals surface area contributed by atoms with E-state index in [0.717, 1.165) is 19.1 Å². The average Bonchev–Trinajstić information content (AvgIpc) is 3.12. The van der Waals surface area contributed by atoms with Crippen LogP contribution in [0.3, 0.4) is 0 Å². The first kappa shape index (κ1) is 23.0. The molecule has 0 bridgehead atoms. The molecule has 3 rings (SSSR count). The van der Waals surface area contributed by atoms with E-state index in [0.29, 0.717) is 0 Å². The number of alkyl halides is 2. The van der Waals surface area contributed by atoms with Crippen LogP contribution >= 0.6 is 11.6 Å². The molecule has 0 aliphatic rings. The van der Waals surface area contributed by atoms with Crippen molar-refractivity contribution in [1.82, 2.24) is 0 Å². The molecule has 0 aliphatic heterocycles. The minimum atomic E-state index is -3.04. The van der Waals surface area contributed by atoms with Gasteiger partial charge in [0.2, 0.25) is 11.7 Å². The van der Waals surface area contributed by atoms with Crippen molar-refractivity contribution in [1.29, 1.82) is 0 Å². The Morgan fingerprint density at radius 3 is 2.34 bits per heavy atom. The van der Waals surface area contributed by atoms with Gasteiger partial charge in [-0.1, -0.05) is 11.6 Å². The molecule has 0 fully saturated rings. The van der Waals surface area contributed by atoms with E-state index in [1.807, 2.05) is 0 Å². The highest BCUT2D eigenvalue weighted by molar-refractivity contribution is 6.31. The van der Waals surface area contributed by atoms with Gasteiger partial charge < -0.3 is 18.6 Å². The minimum absolute atomic E-state index is 0.0363. The summed E-state index contributed by atoms with van der Waals surface area (Å²) in [7, 11) is 2.24. The quantitative estimate of drug-likeness (QED) is 0.367. The summed E-state index contributed by atoms with van der Waals surface area (Å²) in [4.78, 5) is 38.3. The van der Waals surface area contributed by atoms with Crippen LogP contribution in [0.1, 0.15) is 17.0 Å². The summed E-state index contributed by atoms with van der Waals surface area (Å²) in [6.45, 7) is -3.04. The number of halogens is 3. The molecule has 0 saturated heterocycles. The van der Waals surface area contributed by atoms with Crippen LogP contribution in [0.25, 0.3) is 11.0 Å². The molecular formula is C21H16ClF2NO7. The number of furan rings is 1. The maximum Gasteiger partial charge on any atom is 0.387 e. The summed E-state index contributed by atoms with van der Waals surface area (Å²) >= 11 is 6.10. The van der Waals surface area contributed by atoms with Crippen LogP contribution in [0.4, 0.5) is 20.2 Å². The Morgan fingerprint density at radius 2 is 1.75 bits per heavy atom. The molecule has 0 radical (unpaired) electrons. The van der Waals surface area contributed by atoms with Gasteiger partial charge in [-0.05, 0) is 42.5 Å². The van der Waals surface area contributed by atoms with Gasteiger partial charge in [0.15, 0.2) is 0 Å². The Balaban J connectivity index is 2.22. The molecular weight excluding hydrogens is 452 g/mol. The zero-order valence-electron chi connectivity index (χ0n) is 16.8. The second-order valence-corrected chi connectivity index (χ2v) is 6.70. The van der Waals surface area contributed by atoms with Crippen molar-refractivity contribution >= 4 is 51.8 Å². The molecule has 0 spiro atoms. The summed E-state index contributed by atoms with van der Waals surface area (Å²) in [6, 6.07) is 9.49. The van der Waals surface area contributed by atoms with Gasteiger partial charge in [0.05, 0.1) is 14.2 Å². The fraction of sp³-hybridized carbons (Fsp3) is 0.190. The second-order valence-electron chi connectivity index (χ2n) is 6.27. The Bertz CT molecular complexity index is 1160. The van der Waals surface area contributed by atoms with Crippen LogP contribution in [-0.4, -0.2) is 38.7 Å². The van der Waals surface area contributed by atoms with Gasteiger partial charge in [-0.3, -0.25) is 14.5 Å². The first-order valence-electron chi connectivity index (χ1n) is 9.00. The summed E-state index contributed by atoms with van der Waals surface area (Å²) < 4.78 is 44.2. The lowest BCUT2D eigenvalue weighted by Gasteiger charge is -2.23. The topological polar surface area (TPSA) is 95.3 Å². The summed E-state index contributed by atoms with van der Waals surface area (Å²) in [5.41, 5.74) is 0.317. The summed E-state index contributed by atoms with van der Waals surface area (Å²) in [5.74, 6) is -2.98. The Hall–Kier alpha value is -3.66. The van der Waals surface area contributed by atoms with E-state index in [9.17, 15) is 23.2 Å². The highest BCUT2D eigenvalue weighted by Crippen LogP contribution is 2.40. The molecule has 11 heteroatoms. The smallest absolute Gasteiger partial charge is 0.387 e. The fourth-order valence-corrected chi connectivity index (χ4v) is 3.13.